The average molecular weight is 583 g/mol. The Kier molecular flexibility index (Phi) is 42.7. The zero-order valence-electron chi connectivity index (χ0n) is 28.5. The van der Waals surface area contributed by atoms with Crippen LogP contribution in [0.4, 0.5) is 4.79 Å². The maximum Gasteiger partial charge on any atom is 0.404 e. The normalized spacial score (nSPS) is 10.9. The predicted octanol–water partition coefficient (Wildman–Crippen LogP) is 12.7. The average Bonchev–Trinajstić information content (AvgIpc) is 2.97. The first-order valence-electron chi connectivity index (χ1n) is 18.9. The van der Waals surface area contributed by atoms with Crippen LogP contribution in [0.5, 0.6) is 0 Å². The molecule has 0 radical (unpaired) electrons. The van der Waals surface area contributed by atoms with Crippen molar-refractivity contribution in [2.75, 3.05) is 13.1 Å². The Hall–Kier alpha value is -0.770. The van der Waals surface area contributed by atoms with Crippen molar-refractivity contribution < 1.29 is 9.90 Å². The maximum atomic E-state index is 10.2. The molecule has 0 bridgehead atoms. The Morgan fingerprint density at radius 3 is 0.854 bits per heavy atom. The Labute approximate surface area is 259 Å². The van der Waals surface area contributed by atoms with Gasteiger partial charge < -0.3 is 16.2 Å². The predicted molar refractivity (Wildman–Crippen MR) is 184 cm³/mol. The van der Waals surface area contributed by atoms with E-state index in [2.05, 4.69) is 19.2 Å². The standard InChI is InChI=1S/C19H39NO2.C18H39N/c1-2-3-4-5-6-7-8-9-10-11-12-13-14-15-16-17-18-20-19(21)22;1-2-3-4-5-6-7-8-9-10-11-12-13-14-15-16-17-18-19/h20H,2-18H2,1H3,(H,21,22);2-19H2,1H3. The van der Waals surface area contributed by atoms with Gasteiger partial charge in [-0.2, -0.15) is 0 Å². The summed E-state index contributed by atoms with van der Waals surface area (Å²) in [6, 6.07) is 0. The molecule has 4 nitrogen and oxygen atoms in total. The van der Waals surface area contributed by atoms with Gasteiger partial charge in [-0.15, -0.1) is 0 Å². The molecule has 0 rings (SSSR count). The van der Waals surface area contributed by atoms with Gasteiger partial charge in [-0.3, -0.25) is 0 Å². The second-order valence-corrected chi connectivity index (χ2v) is 12.6. The molecule has 0 fully saturated rings. The largest absolute Gasteiger partial charge is 0.465 e. The molecule has 0 aliphatic carbocycles. The second kappa shape index (κ2) is 41.4. The molecule has 4 N–H and O–H groups in total. The van der Waals surface area contributed by atoms with Crippen LogP contribution in [0, 0.1) is 0 Å². The molecule has 4 heteroatoms. The third-order valence-corrected chi connectivity index (χ3v) is 8.36. The highest BCUT2D eigenvalue weighted by Crippen LogP contribution is 2.15. The minimum absolute atomic E-state index is 0.605. The van der Waals surface area contributed by atoms with Gasteiger partial charge in [0.15, 0.2) is 0 Å². The number of rotatable bonds is 33. The molecule has 41 heavy (non-hydrogen) atoms. The number of hydrogen-bond donors (Lipinski definition) is 3. The first kappa shape index (κ1) is 42.4. The van der Waals surface area contributed by atoms with E-state index >= 15 is 0 Å². The number of carboxylic acid groups (broad SMARTS) is 1. The lowest BCUT2D eigenvalue weighted by molar-refractivity contribution is 0.194. The van der Waals surface area contributed by atoms with E-state index < -0.39 is 6.09 Å². The van der Waals surface area contributed by atoms with Crippen molar-refractivity contribution in [3.05, 3.63) is 0 Å². The highest BCUT2D eigenvalue weighted by molar-refractivity contribution is 5.64. The minimum Gasteiger partial charge on any atom is -0.465 e. The number of amides is 1. The fourth-order valence-electron chi connectivity index (χ4n) is 5.56. The molecule has 0 aromatic carbocycles. The van der Waals surface area contributed by atoms with Gasteiger partial charge in [0, 0.05) is 6.54 Å². The van der Waals surface area contributed by atoms with Crippen molar-refractivity contribution in [3.63, 3.8) is 0 Å². The van der Waals surface area contributed by atoms with Gasteiger partial charge in [0.2, 0.25) is 0 Å². The summed E-state index contributed by atoms with van der Waals surface area (Å²) in [7, 11) is 0. The SMILES string of the molecule is CCCCCCCCCCCCCCCCCCN.CCCCCCCCCCCCCCCCCCNC(=O)O. The van der Waals surface area contributed by atoms with Gasteiger partial charge in [0.25, 0.3) is 0 Å². The van der Waals surface area contributed by atoms with E-state index in [0.717, 1.165) is 19.4 Å². The van der Waals surface area contributed by atoms with E-state index in [0.29, 0.717) is 6.54 Å². The van der Waals surface area contributed by atoms with E-state index in [4.69, 9.17) is 10.8 Å². The van der Waals surface area contributed by atoms with Crippen LogP contribution in [0.1, 0.15) is 219 Å². The van der Waals surface area contributed by atoms with Crippen molar-refractivity contribution >= 4 is 6.09 Å². The van der Waals surface area contributed by atoms with Crippen molar-refractivity contribution in [1.29, 1.82) is 0 Å². The van der Waals surface area contributed by atoms with Crippen LogP contribution in [-0.4, -0.2) is 24.3 Å². The molecule has 248 valence electrons. The lowest BCUT2D eigenvalue weighted by Crippen LogP contribution is -2.21. The van der Waals surface area contributed by atoms with Crippen LogP contribution in [0.15, 0.2) is 0 Å². The van der Waals surface area contributed by atoms with Gasteiger partial charge >= 0.3 is 6.09 Å². The minimum atomic E-state index is -0.902. The lowest BCUT2D eigenvalue weighted by Gasteiger charge is -2.03. The molecule has 0 spiro atoms. The van der Waals surface area contributed by atoms with Crippen molar-refractivity contribution in [3.8, 4) is 0 Å². The van der Waals surface area contributed by atoms with E-state index in [1.807, 2.05) is 0 Å². The first-order valence-corrected chi connectivity index (χ1v) is 18.9. The molecule has 0 saturated carbocycles. The van der Waals surface area contributed by atoms with Crippen LogP contribution in [0.25, 0.3) is 0 Å². The molecule has 0 unspecified atom stereocenters. The molecule has 0 aromatic heterocycles. The number of hydrogen-bond acceptors (Lipinski definition) is 2. The summed E-state index contributed by atoms with van der Waals surface area (Å²) in [5.74, 6) is 0. The van der Waals surface area contributed by atoms with Gasteiger partial charge in [-0.25, -0.2) is 4.79 Å². The van der Waals surface area contributed by atoms with Gasteiger partial charge in [-0.05, 0) is 19.4 Å². The Morgan fingerprint density at radius 2 is 0.634 bits per heavy atom. The Bertz CT molecular complexity index is 442. The fourth-order valence-corrected chi connectivity index (χ4v) is 5.56. The summed E-state index contributed by atoms with van der Waals surface area (Å²) < 4.78 is 0. The summed E-state index contributed by atoms with van der Waals surface area (Å²) in [5, 5.41) is 10.8. The molecule has 0 aliphatic heterocycles. The molecular weight excluding hydrogens is 504 g/mol. The number of carbonyl (C=O) groups is 1. The van der Waals surface area contributed by atoms with E-state index in [1.54, 1.807) is 0 Å². The van der Waals surface area contributed by atoms with Crippen molar-refractivity contribution in [2.45, 2.75) is 219 Å². The van der Waals surface area contributed by atoms with Crippen LogP contribution in [-0.2, 0) is 0 Å². The molecule has 0 heterocycles. The van der Waals surface area contributed by atoms with Crippen LogP contribution >= 0.6 is 0 Å². The van der Waals surface area contributed by atoms with E-state index in [1.165, 1.54) is 193 Å². The molecule has 0 aliphatic rings. The van der Waals surface area contributed by atoms with Crippen LogP contribution in [0.3, 0.4) is 0 Å². The summed E-state index contributed by atoms with van der Waals surface area (Å²) >= 11 is 0. The molecule has 0 aromatic rings. The third kappa shape index (κ3) is 46.4. The van der Waals surface area contributed by atoms with E-state index in [-0.39, 0.29) is 0 Å². The highest BCUT2D eigenvalue weighted by Gasteiger charge is 1.96. The molecule has 1 amide bonds. The molecule has 0 saturated heterocycles. The van der Waals surface area contributed by atoms with E-state index in [9.17, 15) is 4.79 Å². The second-order valence-electron chi connectivity index (χ2n) is 12.6. The number of unbranched alkanes of at least 4 members (excludes halogenated alkanes) is 30. The summed E-state index contributed by atoms with van der Waals surface area (Å²) in [5.41, 5.74) is 5.48. The highest BCUT2D eigenvalue weighted by atomic mass is 16.4. The van der Waals surface area contributed by atoms with Gasteiger partial charge in [0.05, 0.1) is 0 Å². The topological polar surface area (TPSA) is 75.3 Å². The Balaban J connectivity index is 0. The number of nitrogens with two attached hydrogens (primary N) is 1. The maximum absolute atomic E-state index is 10.2. The quantitative estimate of drug-likeness (QED) is 0.0673. The van der Waals surface area contributed by atoms with Crippen molar-refractivity contribution in [1.82, 2.24) is 5.32 Å². The zero-order chi connectivity index (χ0) is 30.3. The van der Waals surface area contributed by atoms with Crippen molar-refractivity contribution in [2.24, 2.45) is 5.73 Å². The first-order chi connectivity index (χ1) is 20.2. The smallest absolute Gasteiger partial charge is 0.404 e. The fraction of sp³-hybridized carbons (Fsp3) is 0.973. The number of nitrogens with one attached hydrogen (secondary N) is 1. The molecular formula is C37H78N2O2. The lowest BCUT2D eigenvalue weighted by atomic mass is 10.0. The summed E-state index contributed by atoms with van der Waals surface area (Å²) in [6.07, 6.45) is 43.6. The summed E-state index contributed by atoms with van der Waals surface area (Å²) in [4.78, 5) is 10.2. The van der Waals surface area contributed by atoms with Gasteiger partial charge in [-0.1, -0.05) is 206 Å². The summed E-state index contributed by atoms with van der Waals surface area (Å²) in [6.45, 7) is 6.04. The monoisotopic (exact) mass is 583 g/mol. The zero-order valence-corrected chi connectivity index (χ0v) is 28.5. The van der Waals surface area contributed by atoms with Gasteiger partial charge in [0.1, 0.15) is 0 Å². The molecule has 0 atom stereocenters. The van der Waals surface area contributed by atoms with Crippen LogP contribution < -0.4 is 11.1 Å². The third-order valence-electron chi connectivity index (χ3n) is 8.36. The van der Waals surface area contributed by atoms with Crippen LogP contribution in [0.2, 0.25) is 0 Å². The Morgan fingerprint density at radius 1 is 0.415 bits per heavy atom.